The van der Waals surface area contributed by atoms with Crippen LogP contribution in [0.4, 0.5) is 0 Å². The molecule has 0 aliphatic heterocycles. The van der Waals surface area contributed by atoms with Crippen molar-refractivity contribution < 1.29 is 0 Å². The normalized spacial score (nSPS) is 11.8. The van der Waals surface area contributed by atoms with Crippen molar-refractivity contribution in [2.24, 2.45) is 0 Å². The maximum absolute atomic E-state index is 8.83. The molecule has 0 fully saturated rings. The second-order valence-corrected chi connectivity index (χ2v) is 46.5. The zero-order chi connectivity index (χ0) is 87.1. The third-order valence-electron chi connectivity index (χ3n) is 23.4. The van der Waals surface area contributed by atoms with Gasteiger partial charge < -0.3 is 9.13 Å². The number of hydrogen-bond donors (Lipinski definition) is 0. The summed E-state index contributed by atoms with van der Waals surface area (Å²) in [6.45, 7) is 40.4. The fourth-order valence-corrected chi connectivity index (χ4v) is 27.5. The highest BCUT2D eigenvalue weighted by Gasteiger charge is 2.49. The SMILES string of the molecule is CC(C)(C)[Si](c1ccccc1)(c1ccccc1)c1ccccc1.CC(C)(C)c1ccc(-n2c3ccccc3c3ccccc32)cc1.CC(C)(C)c1cccc(-n2c3ccccc3c3ccccc32)c1.CC(C)(C)c1cccc(C#N)c1.CC(C)(C)c1cccc([Si](c2ccccc2)(c2ccccc2)c2ccccc2)c1.CC(C)(C)c1ccccc1C#N. The van der Waals surface area contributed by atoms with E-state index in [-0.39, 0.29) is 32.1 Å². The number of nitrogens with zero attached hydrogens (tertiary/aromatic N) is 4. The van der Waals surface area contributed by atoms with Crippen LogP contribution in [-0.2, 0) is 27.1 Å². The van der Waals surface area contributed by atoms with Crippen molar-refractivity contribution in [2.75, 3.05) is 0 Å². The number of hydrogen-bond acceptors (Lipinski definition) is 2. The maximum Gasteiger partial charge on any atom is 0.179 e. The first-order valence-electron chi connectivity index (χ1n) is 42.9. The second-order valence-electron chi connectivity index (χ2n) is 38.0. The summed E-state index contributed by atoms with van der Waals surface area (Å²) in [5.74, 6) is 0. The highest BCUT2D eigenvalue weighted by molar-refractivity contribution is 7.20. The summed E-state index contributed by atoms with van der Waals surface area (Å²) in [7, 11) is -4.54. The van der Waals surface area contributed by atoms with Crippen molar-refractivity contribution in [1.29, 1.82) is 10.5 Å². The standard InChI is InChI=1S/C28H28Si.2C22H21N.C22H24Si.2C11H13N/c1-28(2,3)23-14-13-21-27(22-23)29(24-15-7-4-8-16-24,25-17-9-5-10-18-25)26-19-11-6-12-20-26;1-22(2,3)16-9-8-10-17(15-16)23-20-13-6-4-11-18(20)19-12-5-7-14-21(19)23;1-22(2,3)16-12-14-17(15-13-16)23-20-10-6-4-8-18(20)19-9-5-7-11-21(19)23;1-22(2,3)23(19-13-7-4-8-14-19,20-15-9-5-10-16-20)21-17-11-6-12-18-21;1-11(2,3)10-6-4-5-9(7-10)8-12;1-11(2,3)10-7-5-4-6-9(10)8-12/h4-22H,1-3H3;2*4-15H,1-3H3;4-18H,1-3H3;2*4-7H,1-3H3. The van der Waals surface area contributed by atoms with Crippen LogP contribution >= 0.6 is 0 Å². The van der Waals surface area contributed by atoms with E-state index in [0.717, 1.165) is 16.7 Å². The van der Waals surface area contributed by atoms with Crippen LogP contribution in [0.5, 0.6) is 0 Å². The van der Waals surface area contributed by atoms with Gasteiger partial charge in [-0.25, -0.2) is 0 Å². The molecule has 0 aliphatic rings. The van der Waals surface area contributed by atoms with Gasteiger partial charge in [-0.15, -0.1) is 0 Å². The van der Waals surface area contributed by atoms with Crippen LogP contribution in [0, 0.1) is 22.7 Å². The Morgan fingerprint density at radius 1 is 0.221 bits per heavy atom. The van der Waals surface area contributed by atoms with E-state index in [0.29, 0.717) is 0 Å². The Morgan fingerprint density at radius 2 is 0.516 bits per heavy atom. The molecular weight excluding hydrogens is 1510 g/mol. The largest absolute Gasteiger partial charge is 0.309 e. The van der Waals surface area contributed by atoms with Crippen molar-refractivity contribution in [3.63, 3.8) is 0 Å². The molecule has 4 nitrogen and oxygen atoms in total. The summed E-state index contributed by atoms with van der Waals surface area (Å²) >= 11 is 0. The summed E-state index contributed by atoms with van der Waals surface area (Å²) in [4.78, 5) is 0. The molecule has 2 aromatic heterocycles. The molecule has 17 aromatic rings. The topological polar surface area (TPSA) is 57.4 Å². The van der Waals surface area contributed by atoms with Crippen LogP contribution in [0.1, 0.15) is 164 Å². The minimum absolute atomic E-state index is 0.0618. The summed E-state index contributed by atoms with van der Waals surface area (Å²) in [5.41, 5.74) is 16.1. The lowest BCUT2D eigenvalue weighted by molar-refractivity contribution is 0.588. The summed E-state index contributed by atoms with van der Waals surface area (Å²) in [6, 6.07) is 148. The van der Waals surface area contributed by atoms with E-state index in [4.69, 9.17) is 10.5 Å². The number of para-hydroxylation sites is 4. The molecule has 0 amide bonds. The Labute approximate surface area is 730 Å². The molecule has 0 atom stereocenters. The number of aromatic nitrogens is 2. The van der Waals surface area contributed by atoms with Gasteiger partial charge in [0.25, 0.3) is 0 Å². The lowest BCUT2D eigenvalue weighted by Gasteiger charge is -2.44. The van der Waals surface area contributed by atoms with Crippen LogP contribution in [0.2, 0.25) is 5.04 Å². The smallest absolute Gasteiger partial charge is 0.179 e. The van der Waals surface area contributed by atoms with E-state index >= 15 is 0 Å². The fraction of sp³-hybridized carbons (Fsp3) is 0.207. The molecule has 0 radical (unpaired) electrons. The highest BCUT2D eigenvalue weighted by atomic mass is 28.3. The van der Waals surface area contributed by atoms with E-state index in [2.05, 4.69) is 504 Å². The lowest BCUT2D eigenvalue weighted by Crippen LogP contribution is -2.74. The Kier molecular flexibility index (Phi) is 27.6. The number of benzene rings is 15. The zero-order valence-corrected chi connectivity index (χ0v) is 76.9. The van der Waals surface area contributed by atoms with Gasteiger partial charge in [0.15, 0.2) is 16.1 Å². The fourth-order valence-electron chi connectivity index (χ4n) is 17.1. The van der Waals surface area contributed by atoms with Crippen LogP contribution in [-0.4, -0.2) is 25.3 Å². The summed E-state index contributed by atoms with van der Waals surface area (Å²) in [5, 5.41) is 33.0. The van der Waals surface area contributed by atoms with Gasteiger partial charge in [-0.05, 0) is 163 Å². The molecule has 15 aromatic carbocycles. The molecule has 17 rings (SSSR count). The Morgan fingerprint density at radius 3 is 0.852 bits per heavy atom. The molecule has 0 bridgehead atoms. The molecule has 6 heteroatoms. The van der Waals surface area contributed by atoms with Gasteiger partial charge in [0.1, 0.15) is 0 Å². The second kappa shape index (κ2) is 37.9. The monoisotopic (exact) mass is 1620 g/mol. The number of rotatable bonds is 9. The van der Waals surface area contributed by atoms with E-state index in [1.807, 2.05) is 42.5 Å². The van der Waals surface area contributed by atoms with Gasteiger partial charge in [-0.2, -0.15) is 10.5 Å². The molecule has 122 heavy (non-hydrogen) atoms. The predicted octanol–water partition coefficient (Wildman–Crippen LogP) is 26.2. The summed E-state index contributed by atoms with van der Waals surface area (Å²) < 4.78 is 4.73. The average Bonchev–Trinajstić information content (AvgIpc) is 1.09. The third-order valence-corrected chi connectivity index (χ3v) is 34.0. The molecule has 0 spiro atoms. The van der Waals surface area contributed by atoms with Crippen molar-refractivity contribution >= 4 is 96.1 Å². The van der Waals surface area contributed by atoms with E-state index in [9.17, 15) is 0 Å². The minimum atomic E-state index is -2.41. The van der Waals surface area contributed by atoms with Gasteiger partial charge in [0.2, 0.25) is 0 Å². The van der Waals surface area contributed by atoms with Crippen LogP contribution in [0.25, 0.3) is 55.0 Å². The first-order valence-corrected chi connectivity index (χ1v) is 46.9. The van der Waals surface area contributed by atoms with Gasteiger partial charge in [-0.3, -0.25) is 0 Å². The third kappa shape index (κ3) is 19.8. The number of nitriles is 2. The van der Waals surface area contributed by atoms with E-state index in [1.165, 1.54) is 114 Å². The molecular formula is C116H120N4Si2. The van der Waals surface area contributed by atoms with Crippen molar-refractivity contribution in [1.82, 2.24) is 9.13 Å². The van der Waals surface area contributed by atoms with Gasteiger partial charge in [0, 0.05) is 32.9 Å². The van der Waals surface area contributed by atoms with Crippen LogP contribution in [0.15, 0.2) is 400 Å². The van der Waals surface area contributed by atoms with Gasteiger partial charge >= 0.3 is 0 Å². The maximum atomic E-state index is 8.83. The average molecular weight is 1630 g/mol. The molecule has 0 saturated heterocycles. The van der Waals surface area contributed by atoms with E-state index in [1.54, 1.807) is 0 Å². The lowest BCUT2D eigenvalue weighted by atomic mass is 9.84. The first kappa shape index (κ1) is 88.6. The minimum Gasteiger partial charge on any atom is -0.309 e. The van der Waals surface area contributed by atoms with Crippen molar-refractivity contribution in [2.45, 2.75) is 157 Å². The van der Waals surface area contributed by atoms with Crippen LogP contribution < -0.4 is 36.3 Å². The summed E-state index contributed by atoms with van der Waals surface area (Å²) in [6.07, 6.45) is 0. The molecule has 0 aliphatic carbocycles. The Bertz CT molecular complexity index is 6070. The first-order chi connectivity index (χ1) is 58.3. The quantitative estimate of drug-likeness (QED) is 0.107. The highest BCUT2D eigenvalue weighted by Crippen LogP contribution is 2.38. The van der Waals surface area contributed by atoms with Crippen LogP contribution in [0.3, 0.4) is 0 Å². The zero-order valence-electron chi connectivity index (χ0n) is 74.9. The van der Waals surface area contributed by atoms with Crippen molar-refractivity contribution in [3.8, 4) is 23.5 Å². The number of fused-ring (bicyclic) bond motifs is 6. The Balaban J connectivity index is 0.000000137. The predicted molar refractivity (Wildman–Crippen MR) is 531 cm³/mol. The Hall–Kier alpha value is -12.7. The molecule has 2 heterocycles. The molecule has 0 unspecified atom stereocenters. The van der Waals surface area contributed by atoms with Gasteiger partial charge in [-0.1, -0.05) is 458 Å². The molecule has 0 saturated carbocycles. The van der Waals surface area contributed by atoms with Crippen molar-refractivity contribution in [3.05, 3.63) is 439 Å². The van der Waals surface area contributed by atoms with E-state index < -0.39 is 16.1 Å². The molecule has 612 valence electrons. The molecule has 0 N–H and O–H groups in total. The van der Waals surface area contributed by atoms with Gasteiger partial charge in [0.05, 0.1) is 45.3 Å².